The van der Waals surface area contributed by atoms with E-state index in [9.17, 15) is 14.4 Å². The first-order valence-electron chi connectivity index (χ1n) is 11.8. The number of nitrogens with zero attached hydrogens (tertiary/aromatic N) is 1. The lowest BCUT2D eigenvalue weighted by atomic mass is 10.0. The third kappa shape index (κ3) is 6.38. The first-order chi connectivity index (χ1) is 16.7. The van der Waals surface area contributed by atoms with E-state index in [1.165, 1.54) is 0 Å². The highest BCUT2D eigenvalue weighted by molar-refractivity contribution is 6.00. The number of carbonyl (C=O) groups is 3. The number of carbonyl (C=O) groups excluding carboxylic acids is 3. The molecule has 1 aliphatic carbocycles. The van der Waals surface area contributed by atoms with Gasteiger partial charge in [0.25, 0.3) is 5.91 Å². The van der Waals surface area contributed by atoms with Crippen LogP contribution in [-0.4, -0.2) is 41.0 Å². The lowest BCUT2D eigenvalue weighted by Crippen LogP contribution is -2.47. The second kappa shape index (κ2) is 10.2. The lowest BCUT2D eigenvalue weighted by Gasteiger charge is -2.32. The van der Waals surface area contributed by atoms with Crippen molar-refractivity contribution in [1.82, 2.24) is 10.2 Å². The van der Waals surface area contributed by atoms with Crippen molar-refractivity contribution >= 4 is 34.4 Å². The van der Waals surface area contributed by atoms with Crippen LogP contribution in [0.25, 0.3) is 10.8 Å². The second-order valence-corrected chi connectivity index (χ2v) is 9.75. The van der Waals surface area contributed by atoms with Crippen LogP contribution in [0.4, 0.5) is 10.5 Å². The number of nitrogens with one attached hydrogen (secondary N) is 2. The van der Waals surface area contributed by atoms with Gasteiger partial charge in [-0.15, -0.1) is 0 Å². The average Bonchev–Trinajstić information content (AvgIpc) is 3.65. The molecule has 1 unspecified atom stereocenters. The summed E-state index contributed by atoms with van der Waals surface area (Å²) in [5, 5.41) is 7.62. The Morgan fingerprint density at radius 3 is 2.26 bits per heavy atom. The number of hydrogen-bond donors (Lipinski definition) is 2. The SMILES string of the molecule is CC(C)(C)OC(=O)NCC(=O)N(C1CC1)C(C(=O)Nc1ccc2ccccc2c1)c1ccccc1. The van der Waals surface area contributed by atoms with E-state index < -0.39 is 17.7 Å². The van der Waals surface area contributed by atoms with Crippen molar-refractivity contribution in [1.29, 1.82) is 0 Å². The van der Waals surface area contributed by atoms with Crippen molar-refractivity contribution < 1.29 is 19.1 Å². The fourth-order valence-electron chi connectivity index (χ4n) is 4.02. The number of anilines is 1. The maximum atomic E-state index is 13.6. The van der Waals surface area contributed by atoms with Crippen molar-refractivity contribution in [3.05, 3.63) is 78.4 Å². The van der Waals surface area contributed by atoms with E-state index in [4.69, 9.17) is 4.74 Å². The summed E-state index contributed by atoms with van der Waals surface area (Å²) in [5.74, 6) is -0.634. The van der Waals surface area contributed by atoms with Crippen molar-refractivity contribution in [3.63, 3.8) is 0 Å². The summed E-state index contributed by atoms with van der Waals surface area (Å²) >= 11 is 0. The number of alkyl carbamates (subject to hydrolysis) is 1. The maximum Gasteiger partial charge on any atom is 0.408 e. The highest BCUT2D eigenvalue weighted by Crippen LogP contribution is 2.35. The Kier molecular flexibility index (Phi) is 7.05. The van der Waals surface area contributed by atoms with Gasteiger partial charge in [0.15, 0.2) is 0 Å². The predicted octanol–water partition coefficient (Wildman–Crippen LogP) is 5.04. The Morgan fingerprint density at radius 1 is 0.943 bits per heavy atom. The molecule has 4 rings (SSSR count). The molecule has 0 bridgehead atoms. The van der Waals surface area contributed by atoms with Crippen LogP contribution in [-0.2, 0) is 14.3 Å². The molecule has 0 heterocycles. The van der Waals surface area contributed by atoms with Crippen molar-refractivity contribution in [2.24, 2.45) is 0 Å². The van der Waals surface area contributed by atoms with Gasteiger partial charge >= 0.3 is 6.09 Å². The van der Waals surface area contributed by atoms with Gasteiger partial charge in [0, 0.05) is 11.7 Å². The van der Waals surface area contributed by atoms with Crippen LogP contribution in [0, 0.1) is 0 Å². The zero-order chi connectivity index (χ0) is 25.0. The summed E-state index contributed by atoms with van der Waals surface area (Å²) in [6.45, 7) is 5.02. The fraction of sp³-hybridized carbons (Fsp3) is 0.321. The molecule has 3 aromatic rings. The highest BCUT2D eigenvalue weighted by Gasteiger charge is 2.41. The van der Waals surface area contributed by atoms with E-state index in [1.54, 1.807) is 25.7 Å². The van der Waals surface area contributed by atoms with Crippen molar-refractivity contribution in [2.45, 2.75) is 51.3 Å². The van der Waals surface area contributed by atoms with Crippen LogP contribution in [0.2, 0.25) is 0 Å². The molecule has 3 amide bonds. The maximum absolute atomic E-state index is 13.6. The molecule has 3 aromatic carbocycles. The number of benzene rings is 3. The van der Waals surface area contributed by atoms with Crippen LogP contribution >= 0.6 is 0 Å². The third-order valence-corrected chi connectivity index (χ3v) is 5.67. The van der Waals surface area contributed by atoms with Gasteiger partial charge in [0.2, 0.25) is 5.91 Å². The molecule has 35 heavy (non-hydrogen) atoms. The number of rotatable bonds is 7. The Morgan fingerprint density at radius 2 is 1.60 bits per heavy atom. The zero-order valence-electron chi connectivity index (χ0n) is 20.3. The number of fused-ring (bicyclic) bond motifs is 1. The topological polar surface area (TPSA) is 87.7 Å². The van der Waals surface area contributed by atoms with Crippen LogP contribution < -0.4 is 10.6 Å². The van der Waals surface area contributed by atoms with Crippen LogP contribution in [0.5, 0.6) is 0 Å². The predicted molar refractivity (Wildman–Crippen MR) is 136 cm³/mol. The average molecular weight is 474 g/mol. The Bertz CT molecular complexity index is 1220. The molecule has 182 valence electrons. The normalized spacial score (nSPS) is 14.1. The smallest absolute Gasteiger partial charge is 0.408 e. The minimum Gasteiger partial charge on any atom is -0.444 e. The van der Waals surface area contributed by atoms with Crippen LogP contribution in [0.15, 0.2) is 72.8 Å². The Labute approximate surface area is 205 Å². The summed E-state index contributed by atoms with van der Waals surface area (Å²) in [7, 11) is 0. The van der Waals surface area contributed by atoms with Gasteiger partial charge < -0.3 is 20.3 Å². The van der Waals surface area contributed by atoms with Gasteiger partial charge in [-0.25, -0.2) is 4.79 Å². The Hall–Kier alpha value is -3.87. The minimum atomic E-state index is -0.830. The molecule has 7 heteroatoms. The number of ether oxygens (including phenoxy) is 1. The molecule has 1 aliphatic rings. The van der Waals surface area contributed by atoms with Crippen molar-refractivity contribution in [3.8, 4) is 0 Å². The van der Waals surface area contributed by atoms with Gasteiger partial charge in [-0.05, 0) is 62.1 Å². The zero-order valence-corrected chi connectivity index (χ0v) is 20.3. The molecule has 0 aromatic heterocycles. The summed E-state index contributed by atoms with van der Waals surface area (Å²) < 4.78 is 5.25. The first-order valence-corrected chi connectivity index (χ1v) is 11.8. The van der Waals surface area contributed by atoms with Gasteiger partial charge in [0.05, 0.1) is 0 Å². The fourth-order valence-corrected chi connectivity index (χ4v) is 4.02. The van der Waals surface area contributed by atoms with E-state index >= 15 is 0 Å². The quantitative estimate of drug-likeness (QED) is 0.504. The van der Waals surface area contributed by atoms with E-state index in [1.807, 2.05) is 72.8 Å². The molecular formula is C28H31N3O4. The molecule has 1 saturated carbocycles. The highest BCUT2D eigenvalue weighted by atomic mass is 16.6. The summed E-state index contributed by atoms with van der Waals surface area (Å²) in [5.41, 5.74) is 0.698. The first kappa shape index (κ1) is 24.3. The van der Waals surface area contributed by atoms with E-state index in [0.29, 0.717) is 11.3 Å². The molecule has 0 radical (unpaired) electrons. The molecule has 2 N–H and O–H groups in total. The molecule has 0 aliphatic heterocycles. The van der Waals surface area contributed by atoms with Gasteiger partial charge in [0.1, 0.15) is 18.2 Å². The van der Waals surface area contributed by atoms with Crippen LogP contribution in [0.1, 0.15) is 45.2 Å². The molecular weight excluding hydrogens is 442 g/mol. The molecule has 1 fully saturated rings. The Balaban J connectivity index is 1.57. The monoisotopic (exact) mass is 473 g/mol. The van der Waals surface area contributed by atoms with E-state index in [-0.39, 0.29) is 24.4 Å². The largest absolute Gasteiger partial charge is 0.444 e. The lowest BCUT2D eigenvalue weighted by molar-refractivity contribution is -0.138. The van der Waals surface area contributed by atoms with E-state index in [2.05, 4.69) is 10.6 Å². The van der Waals surface area contributed by atoms with Gasteiger partial charge in [-0.2, -0.15) is 0 Å². The molecule has 0 saturated heterocycles. The number of amides is 3. The molecule has 0 spiro atoms. The van der Waals surface area contributed by atoms with Gasteiger partial charge in [-0.1, -0.05) is 60.7 Å². The van der Waals surface area contributed by atoms with Gasteiger partial charge in [-0.3, -0.25) is 9.59 Å². The summed E-state index contributed by atoms with van der Waals surface area (Å²) in [4.78, 5) is 40.7. The third-order valence-electron chi connectivity index (χ3n) is 5.67. The summed E-state index contributed by atoms with van der Waals surface area (Å²) in [6.07, 6.45) is 0.952. The molecule has 7 nitrogen and oxygen atoms in total. The number of hydrogen-bond acceptors (Lipinski definition) is 4. The molecule has 1 atom stereocenters. The van der Waals surface area contributed by atoms with Crippen LogP contribution in [0.3, 0.4) is 0 Å². The summed E-state index contributed by atoms with van der Waals surface area (Å²) in [6, 6.07) is 22.0. The van der Waals surface area contributed by atoms with E-state index in [0.717, 1.165) is 23.6 Å². The van der Waals surface area contributed by atoms with Crippen molar-refractivity contribution in [2.75, 3.05) is 11.9 Å². The standard InChI is InChI=1S/C28H31N3O4/c1-28(2,3)35-27(34)29-18-24(32)31(23-15-16-23)25(20-10-5-4-6-11-20)26(33)30-22-14-13-19-9-7-8-12-21(19)17-22/h4-14,17,23,25H,15-16,18H2,1-3H3,(H,29,34)(H,30,33). The second-order valence-electron chi connectivity index (χ2n) is 9.75. The minimum absolute atomic E-state index is 0.0597.